The summed E-state index contributed by atoms with van der Waals surface area (Å²) < 4.78 is 4.48. The van der Waals surface area contributed by atoms with Gasteiger partial charge in [-0.1, -0.05) is 0 Å². The van der Waals surface area contributed by atoms with Gasteiger partial charge in [0.05, 0.1) is 0 Å². The number of aromatic nitrogens is 2. The van der Waals surface area contributed by atoms with E-state index in [-0.39, 0.29) is 0 Å². The van der Waals surface area contributed by atoms with Crippen molar-refractivity contribution in [3.8, 4) is 0 Å². The highest BCUT2D eigenvalue weighted by Crippen LogP contribution is 2.06. The summed E-state index contributed by atoms with van der Waals surface area (Å²) in [6.07, 6.45) is 2.72. The van der Waals surface area contributed by atoms with E-state index in [1.807, 2.05) is 0 Å². The third kappa shape index (κ3) is 0.742. The van der Waals surface area contributed by atoms with Crippen LogP contribution in [0.4, 0.5) is 5.95 Å². The fourth-order valence-electron chi connectivity index (χ4n) is 0.608. The maximum Gasteiger partial charge on any atom is 0.295 e. The molecule has 0 saturated heterocycles. The van der Waals surface area contributed by atoms with E-state index < -0.39 is 0 Å². The average Bonchev–Trinajstić information content (AvgIpc) is 2.59. The smallest absolute Gasteiger partial charge is 0.295 e. The molecule has 0 N–H and O–H groups in total. The van der Waals surface area contributed by atoms with Gasteiger partial charge in [0.1, 0.15) is 6.34 Å². The molecule has 0 bridgehead atoms. The Morgan fingerprint density at radius 3 is 3.20 bits per heavy atom. The molecule has 0 saturated carbocycles. The molecular weight excluding hydrogens is 136 g/mol. The van der Waals surface area contributed by atoms with Gasteiger partial charge in [0.15, 0.2) is 6.73 Å². The molecule has 0 radical (unpaired) electrons. The third-order valence-corrected chi connectivity index (χ3v) is 1.00. The van der Waals surface area contributed by atoms with Crippen molar-refractivity contribution in [1.82, 2.24) is 10.1 Å². The maximum absolute atomic E-state index is 4.92. The van der Waals surface area contributed by atoms with Crippen molar-refractivity contribution in [2.24, 2.45) is 4.99 Å². The van der Waals surface area contributed by atoms with Gasteiger partial charge in [-0.05, 0) is 5.16 Å². The normalized spacial score (nSPS) is 16.6. The number of anilines is 1. The van der Waals surface area contributed by atoms with Crippen molar-refractivity contribution >= 4 is 12.3 Å². The maximum atomic E-state index is 4.92. The van der Waals surface area contributed by atoms with Gasteiger partial charge >= 0.3 is 0 Å². The van der Waals surface area contributed by atoms with E-state index in [2.05, 4.69) is 19.7 Å². The van der Waals surface area contributed by atoms with Gasteiger partial charge in [-0.25, -0.2) is 9.83 Å². The van der Waals surface area contributed by atoms with Gasteiger partial charge in [-0.15, -0.1) is 0 Å². The first-order chi connectivity index (χ1) is 4.97. The van der Waals surface area contributed by atoms with Crippen LogP contribution in [0.2, 0.25) is 0 Å². The van der Waals surface area contributed by atoms with Gasteiger partial charge in [-0.2, -0.15) is 10.0 Å². The zero-order valence-electron chi connectivity index (χ0n) is 4.97. The summed E-state index contributed by atoms with van der Waals surface area (Å²) in [5.41, 5.74) is 0. The molecule has 0 unspecified atom stereocenters. The lowest BCUT2D eigenvalue weighted by atomic mass is 10.9. The number of nitrogens with zero attached hydrogens (tertiary/aromatic N) is 4. The monoisotopic (exact) mass is 140 g/mol. The minimum absolute atomic E-state index is 0.314. The quantitative estimate of drug-likeness (QED) is 0.540. The van der Waals surface area contributed by atoms with E-state index in [1.165, 1.54) is 17.8 Å². The van der Waals surface area contributed by atoms with Crippen LogP contribution in [0.25, 0.3) is 0 Å². The first-order valence-corrected chi connectivity index (χ1v) is 2.65. The molecule has 10 heavy (non-hydrogen) atoms. The van der Waals surface area contributed by atoms with Gasteiger partial charge < -0.3 is 4.52 Å². The summed E-state index contributed by atoms with van der Waals surface area (Å²) >= 11 is 0. The fraction of sp³-hybridized carbons (Fsp3) is 0.250. The van der Waals surface area contributed by atoms with E-state index in [0.717, 1.165) is 0 Å². The molecule has 1 aliphatic rings. The second kappa shape index (κ2) is 2.07. The van der Waals surface area contributed by atoms with Crippen molar-refractivity contribution in [2.75, 3.05) is 11.8 Å². The van der Waals surface area contributed by atoms with Crippen LogP contribution in [-0.2, 0) is 4.84 Å². The molecule has 52 valence electrons. The van der Waals surface area contributed by atoms with Crippen LogP contribution in [0.15, 0.2) is 15.9 Å². The Bertz CT molecular complexity index is 231. The van der Waals surface area contributed by atoms with Crippen LogP contribution in [-0.4, -0.2) is 23.2 Å². The largest absolute Gasteiger partial charge is 0.341 e. The van der Waals surface area contributed by atoms with Gasteiger partial charge in [-0.3, -0.25) is 0 Å². The summed E-state index contributed by atoms with van der Waals surface area (Å²) in [6.45, 7) is 0.314. The van der Waals surface area contributed by atoms with Gasteiger partial charge in [0.2, 0.25) is 6.39 Å². The summed E-state index contributed by atoms with van der Waals surface area (Å²) in [5, 5.41) is 4.86. The molecule has 6 heteroatoms. The Morgan fingerprint density at radius 2 is 2.60 bits per heavy atom. The number of hydroxylamine groups is 1. The number of hydrogen-bond donors (Lipinski definition) is 0. The third-order valence-electron chi connectivity index (χ3n) is 1.00. The molecule has 1 aromatic rings. The molecule has 0 fully saturated rings. The summed E-state index contributed by atoms with van der Waals surface area (Å²) in [4.78, 5) is 12.4. The second-order valence-corrected chi connectivity index (χ2v) is 1.61. The lowest BCUT2D eigenvalue weighted by Gasteiger charge is -2.03. The van der Waals surface area contributed by atoms with E-state index in [9.17, 15) is 0 Å². The molecule has 0 aromatic carbocycles. The number of hydrogen-bond acceptors (Lipinski definition) is 6. The fourth-order valence-corrected chi connectivity index (χ4v) is 0.608. The number of rotatable bonds is 1. The van der Waals surface area contributed by atoms with Crippen LogP contribution < -0.4 is 5.06 Å². The van der Waals surface area contributed by atoms with Crippen LogP contribution >= 0.6 is 0 Å². The number of aliphatic imine (C=N–C) groups is 1. The molecule has 2 heterocycles. The van der Waals surface area contributed by atoms with Gasteiger partial charge in [0.25, 0.3) is 5.95 Å². The molecule has 2 rings (SSSR count). The first-order valence-electron chi connectivity index (χ1n) is 2.65. The van der Waals surface area contributed by atoms with E-state index in [4.69, 9.17) is 4.84 Å². The lowest BCUT2D eigenvalue weighted by Crippen LogP contribution is -2.16. The van der Waals surface area contributed by atoms with Crippen LogP contribution in [0.3, 0.4) is 0 Å². The van der Waals surface area contributed by atoms with E-state index >= 15 is 0 Å². The first kappa shape index (κ1) is 5.36. The van der Waals surface area contributed by atoms with E-state index in [0.29, 0.717) is 12.7 Å². The zero-order chi connectivity index (χ0) is 6.81. The average molecular weight is 140 g/mol. The molecular formula is C4H4N4O2. The van der Waals surface area contributed by atoms with Crippen molar-refractivity contribution in [1.29, 1.82) is 0 Å². The van der Waals surface area contributed by atoms with Crippen LogP contribution in [0.1, 0.15) is 0 Å². The standard InChI is InChI=1S/C4H4N4O2/c1-5-2-10-8(1)4-6-3-9-7-4/h1,3H,2H2. The minimum atomic E-state index is 0.314. The molecule has 0 atom stereocenters. The minimum Gasteiger partial charge on any atom is -0.341 e. The van der Waals surface area contributed by atoms with Crippen LogP contribution in [0, 0.1) is 0 Å². The molecule has 0 aliphatic carbocycles. The van der Waals surface area contributed by atoms with Crippen molar-refractivity contribution in [3.05, 3.63) is 6.39 Å². The van der Waals surface area contributed by atoms with Crippen molar-refractivity contribution in [3.63, 3.8) is 0 Å². The summed E-state index contributed by atoms with van der Waals surface area (Å²) in [6, 6.07) is 0. The Hall–Kier alpha value is -1.43. The van der Waals surface area contributed by atoms with Crippen molar-refractivity contribution in [2.45, 2.75) is 0 Å². The SMILES string of the molecule is C1=NCON1c1ncon1. The highest BCUT2D eigenvalue weighted by molar-refractivity contribution is 5.73. The van der Waals surface area contributed by atoms with Crippen LogP contribution in [0.5, 0.6) is 0 Å². The topological polar surface area (TPSA) is 63.8 Å². The second-order valence-electron chi connectivity index (χ2n) is 1.61. The van der Waals surface area contributed by atoms with Crippen molar-refractivity contribution < 1.29 is 9.36 Å². The summed E-state index contributed by atoms with van der Waals surface area (Å²) in [5.74, 6) is 0.362. The Labute approximate surface area is 56.1 Å². The Morgan fingerprint density at radius 1 is 1.60 bits per heavy atom. The highest BCUT2D eigenvalue weighted by Gasteiger charge is 2.12. The Balaban J connectivity index is 2.20. The zero-order valence-corrected chi connectivity index (χ0v) is 4.97. The highest BCUT2D eigenvalue weighted by atomic mass is 16.7. The predicted octanol–water partition coefficient (Wildman–Crippen LogP) is -0.193. The molecule has 1 aromatic heterocycles. The molecule has 1 aliphatic heterocycles. The molecule has 0 spiro atoms. The predicted molar refractivity (Wildman–Crippen MR) is 31.2 cm³/mol. The lowest BCUT2D eigenvalue weighted by molar-refractivity contribution is 0.169. The molecule has 6 nitrogen and oxygen atoms in total. The Kier molecular flexibility index (Phi) is 1.11. The molecule has 0 amide bonds. The summed E-state index contributed by atoms with van der Waals surface area (Å²) in [7, 11) is 0. The van der Waals surface area contributed by atoms with E-state index in [1.54, 1.807) is 0 Å². The van der Waals surface area contributed by atoms with Gasteiger partial charge in [0, 0.05) is 0 Å².